The SMILES string of the molecule is CCN(CC)CCOc1cc(O)c2c(c1)OC(c1ccc3c(c1)OC(c1ccc(O)c(OC)c1)C(CO)O3)C(O)C2=O. The number of aliphatic hydroxyl groups is 2. The van der Waals surface area contributed by atoms with E-state index in [2.05, 4.69) is 18.7 Å². The first-order valence-corrected chi connectivity index (χ1v) is 13.8. The number of phenolic OH excluding ortho intramolecular Hbond substituents is 2. The van der Waals surface area contributed by atoms with Gasteiger partial charge in [0.05, 0.1) is 13.7 Å². The van der Waals surface area contributed by atoms with Crippen LogP contribution in [0.25, 0.3) is 0 Å². The Hall–Kier alpha value is -4.19. The Morgan fingerprint density at radius 3 is 2.29 bits per heavy atom. The summed E-state index contributed by atoms with van der Waals surface area (Å²) in [4.78, 5) is 15.3. The molecule has 42 heavy (non-hydrogen) atoms. The molecule has 2 heterocycles. The van der Waals surface area contributed by atoms with Crippen LogP contribution in [0.15, 0.2) is 48.5 Å². The van der Waals surface area contributed by atoms with Crippen molar-refractivity contribution in [3.8, 4) is 40.2 Å². The maximum absolute atomic E-state index is 13.2. The number of aromatic hydroxyl groups is 2. The van der Waals surface area contributed by atoms with Gasteiger partial charge in [-0.05, 0) is 42.9 Å². The van der Waals surface area contributed by atoms with Crippen molar-refractivity contribution in [2.24, 2.45) is 0 Å². The maximum atomic E-state index is 13.2. The Morgan fingerprint density at radius 1 is 0.857 bits per heavy atom. The van der Waals surface area contributed by atoms with E-state index in [1.165, 1.54) is 25.3 Å². The third-order valence-corrected chi connectivity index (χ3v) is 7.56. The number of carbonyl (C=O) groups is 1. The zero-order chi connectivity index (χ0) is 30.0. The maximum Gasteiger partial charge on any atom is 0.202 e. The van der Waals surface area contributed by atoms with Crippen LogP contribution in [0, 0.1) is 0 Å². The van der Waals surface area contributed by atoms with Crippen LogP contribution < -0.4 is 23.7 Å². The number of rotatable bonds is 10. The van der Waals surface area contributed by atoms with Gasteiger partial charge in [-0.15, -0.1) is 0 Å². The van der Waals surface area contributed by atoms with Gasteiger partial charge < -0.3 is 49.0 Å². The molecule has 0 saturated heterocycles. The van der Waals surface area contributed by atoms with Gasteiger partial charge in [-0.25, -0.2) is 0 Å². The van der Waals surface area contributed by atoms with Crippen molar-refractivity contribution < 1.29 is 48.9 Å². The zero-order valence-electron chi connectivity index (χ0n) is 23.6. The van der Waals surface area contributed by atoms with Crippen LogP contribution in [-0.2, 0) is 0 Å². The minimum atomic E-state index is -1.59. The number of hydrogen-bond acceptors (Lipinski definition) is 11. The summed E-state index contributed by atoms with van der Waals surface area (Å²) in [5.41, 5.74) is 0.919. The number of benzene rings is 3. The van der Waals surface area contributed by atoms with Crippen molar-refractivity contribution in [1.82, 2.24) is 4.90 Å². The van der Waals surface area contributed by atoms with Crippen molar-refractivity contribution in [3.63, 3.8) is 0 Å². The molecule has 0 aliphatic carbocycles. The molecule has 11 heteroatoms. The summed E-state index contributed by atoms with van der Waals surface area (Å²) in [5, 5.41) is 41.5. The molecule has 0 fully saturated rings. The number of hydrogen-bond donors (Lipinski definition) is 4. The molecule has 2 aliphatic rings. The highest BCUT2D eigenvalue weighted by Gasteiger charge is 2.40. The van der Waals surface area contributed by atoms with Crippen LogP contribution in [0.3, 0.4) is 0 Å². The predicted molar refractivity (Wildman–Crippen MR) is 151 cm³/mol. The lowest BCUT2D eigenvalue weighted by molar-refractivity contribution is -0.0130. The van der Waals surface area contributed by atoms with E-state index in [1.807, 2.05) is 0 Å². The molecule has 0 radical (unpaired) electrons. The number of phenols is 2. The molecule has 3 aromatic rings. The number of Topliss-reactive ketones (excluding diaryl/α,β-unsaturated/α-hetero) is 1. The van der Waals surface area contributed by atoms with Gasteiger partial charge in [0.25, 0.3) is 0 Å². The lowest BCUT2D eigenvalue weighted by Gasteiger charge is -2.35. The molecule has 4 N–H and O–H groups in total. The van der Waals surface area contributed by atoms with Crippen LogP contribution >= 0.6 is 0 Å². The Labute approximate surface area is 243 Å². The highest BCUT2D eigenvalue weighted by atomic mass is 16.6. The van der Waals surface area contributed by atoms with E-state index < -0.39 is 30.2 Å². The summed E-state index contributed by atoms with van der Waals surface area (Å²) in [6, 6.07) is 12.4. The third kappa shape index (κ3) is 5.63. The molecule has 4 atom stereocenters. The van der Waals surface area contributed by atoms with E-state index in [0.717, 1.165) is 13.1 Å². The smallest absolute Gasteiger partial charge is 0.202 e. The normalized spacial score (nSPS) is 21.0. The summed E-state index contributed by atoms with van der Waals surface area (Å²) in [7, 11) is 1.43. The predicted octanol–water partition coefficient (Wildman–Crippen LogP) is 3.38. The molecule has 224 valence electrons. The van der Waals surface area contributed by atoms with E-state index in [9.17, 15) is 25.2 Å². The molecular formula is C31H35NO10. The van der Waals surface area contributed by atoms with E-state index in [0.29, 0.717) is 41.5 Å². The molecule has 0 saturated carbocycles. The molecule has 0 bridgehead atoms. The summed E-state index contributed by atoms with van der Waals surface area (Å²) in [6.07, 6.45) is -4.19. The van der Waals surface area contributed by atoms with Gasteiger partial charge in [0, 0.05) is 24.2 Å². The number of nitrogens with zero attached hydrogens (tertiary/aromatic N) is 1. The summed E-state index contributed by atoms with van der Waals surface area (Å²) in [5.74, 6) is 0.275. The standard InChI is InChI=1S/C31H35NO10/c1-4-32(5-2)10-11-39-19-14-21(35)27-25(15-19)42-31(29(37)28(27)36)18-7-9-22-24(13-18)41-30(26(16-33)40-22)17-6-8-20(34)23(12-17)38-3/h6-9,12-15,26,29-31,33-35,37H,4-5,10-11,16H2,1-3H3. The van der Waals surface area contributed by atoms with Gasteiger partial charge >= 0.3 is 0 Å². The lowest BCUT2D eigenvalue weighted by Crippen LogP contribution is -2.37. The fraction of sp³-hybridized carbons (Fsp3) is 0.387. The van der Waals surface area contributed by atoms with Gasteiger partial charge in [-0.2, -0.15) is 0 Å². The van der Waals surface area contributed by atoms with E-state index in [-0.39, 0.29) is 35.2 Å². The molecule has 0 spiro atoms. The second-order valence-corrected chi connectivity index (χ2v) is 10.1. The number of fused-ring (bicyclic) bond motifs is 2. The largest absolute Gasteiger partial charge is 0.507 e. The number of carbonyl (C=O) groups excluding carboxylic acids is 1. The van der Waals surface area contributed by atoms with E-state index >= 15 is 0 Å². The molecule has 0 amide bonds. The Balaban J connectivity index is 1.41. The quantitative estimate of drug-likeness (QED) is 0.279. The van der Waals surface area contributed by atoms with Gasteiger partial charge in [0.2, 0.25) is 5.78 Å². The van der Waals surface area contributed by atoms with Crippen molar-refractivity contribution in [3.05, 3.63) is 65.2 Å². The monoisotopic (exact) mass is 581 g/mol. The Bertz CT molecular complexity index is 1440. The zero-order valence-corrected chi connectivity index (χ0v) is 23.6. The fourth-order valence-corrected chi connectivity index (χ4v) is 5.19. The van der Waals surface area contributed by atoms with E-state index in [4.69, 9.17) is 23.7 Å². The highest BCUT2D eigenvalue weighted by Crippen LogP contribution is 2.46. The van der Waals surface area contributed by atoms with Gasteiger partial charge in [0.1, 0.15) is 29.4 Å². The van der Waals surface area contributed by atoms with Gasteiger partial charge in [-0.3, -0.25) is 4.79 Å². The summed E-state index contributed by atoms with van der Waals surface area (Å²) in [6.45, 7) is 6.62. The van der Waals surface area contributed by atoms with Crippen LogP contribution in [0.4, 0.5) is 0 Å². The first-order chi connectivity index (χ1) is 20.3. The third-order valence-electron chi connectivity index (χ3n) is 7.56. The number of aliphatic hydroxyl groups excluding tert-OH is 2. The molecule has 4 unspecified atom stereocenters. The van der Waals surface area contributed by atoms with Crippen LogP contribution in [0.2, 0.25) is 0 Å². The molecule has 5 rings (SSSR count). The second kappa shape index (κ2) is 12.4. The minimum Gasteiger partial charge on any atom is -0.507 e. The van der Waals surface area contributed by atoms with Crippen molar-refractivity contribution >= 4 is 5.78 Å². The number of ketones is 1. The summed E-state index contributed by atoms with van der Waals surface area (Å²) < 4.78 is 29.3. The first kappa shape index (κ1) is 29.3. The lowest BCUT2D eigenvalue weighted by atomic mass is 9.92. The van der Waals surface area contributed by atoms with Gasteiger partial charge in [0.15, 0.2) is 47.4 Å². The molecule has 2 aliphatic heterocycles. The average Bonchev–Trinajstić information content (AvgIpc) is 3.00. The summed E-state index contributed by atoms with van der Waals surface area (Å²) >= 11 is 0. The van der Waals surface area contributed by atoms with Gasteiger partial charge in [-0.1, -0.05) is 26.0 Å². The minimum absolute atomic E-state index is 0.0434. The van der Waals surface area contributed by atoms with Crippen LogP contribution in [0.1, 0.15) is 47.5 Å². The molecule has 11 nitrogen and oxygen atoms in total. The van der Waals surface area contributed by atoms with Crippen LogP contribution in [0.5, 0.6) is 40.2 Å². The van der Waals surface area contributed by atoms with Crippen molar-refractivity contribution in [2.75, 3.05) is 40.0 Å². The fourth-order valence-electron chi connectivity index (χ4n) is 5.19. The average molecular weight is 582 g/mol. The Morgan fingerprint density at radius 2 is 1.57 bits per heavy atom. The highest BCUT2D eigenvalue weighted by molar-refractivity contribution is 6.05. The van der Waals surface area contributed by atoms with E-state index in [1.54, 1.807) is 30.3 Å². The number of likely N-dealkylation sites (N-methyl/N-ethyl adjacent to an activating group) is 1. The first-order valence-electron chi connectivity index (χ1n) is 13.8. The molecule has 3 aromatic carbocycles. The molecule has 0 aromatic heterocycles. The van der Waals surface area contributed by atoms with Crippen molar-refractivity contribution in [2.45, 2.75) is 38.3 Å². The number of methoxy groups -OCH3 is 1. The number of ether oxygens (including phenoxy) is 5. The molecular weight excluding hydrogens is 546 g/mol. The topological polar surface area (TPSA) is 147 Å². The van der Waals surface area contributed by atoms with Crippen molar-refractivity contribution in [1.29, 1.82) is 0 Å². The Kier molecular flexibility index (Phi) is 8.62. The van der Waals surface area contributed by atoms with Crippen LogP contribution in [-0.4, -0.2) is 83.3 Å². The second-order valence-electron chi connectivity index (χ2n) is 10.1.